The first-order chi connectivity index (χ1) is 8.86. The Labute approximate surface area is 117 Å². The van der Waals surface area contributed by atoms with Crippen molar-refractivity contribution in [2.24, 2.45) is 11.3 Å². The van der Waals surface area contributed by atoms with Gasteiger partial charge >= 0.3 is 0 Å². The number of hydrogen-bond acceptors (Lipinski definition) is 3. The Kier molecular flexibility index (Phi) is 5.81. The first-order valence-electron chi connectivity index (χ1n) is 7.27. The number of likely N-dealkylation sites (tertiary alicyclic amines) is 1. The van der Waals surface area contributed by atoms with Crippen molar-refractivity contribution < 1.29 is 4.79 Å². The lowest BCUT2D eigenvalue weighted by atomic mass is 9.89. The molecule has 4 heteroatoms. The van der Waals surface area contributed by atoms with E-state index in [1.807, 2.05) is 20.8 Å². The minimum Gasteiger partial charge on any atom is -0.352 e. The maximum atomic E-state index is 12.1. The van der Waals surface area contributed by atoms with Crippen LogP contribution in [-0.2, 0) is 4.79 Å². The summed E-state index contributed by atoms with van der Waals surface area (Å²) in [4.78, 5) is 14.2. The standard InChI is InChI=1S/C15H27N3O/c1-5-6-12-9-13(11-18(10-12)8-7-16)17-14(19)15(2,3)4/h12-13H,5-6,8-11H2,1-4H3,(H,17,19). The van der Waals surface area contributed by atoms with Gasteiger partial charge in [0.1, 0.15) is 0 Å². The van der Waals surface area contributed by atoms with Crippen LogP contribution in [0.3, 0.4) is 0 Å². The van der Waals surface area contributed by atoms with E-state index < -0.39 is 0 Å². The molecule has 0 bridgehead atoms. The topological polar surface area (TPSA) is 56.1 Å². The number of hydrogen-bond donors (Lipinski definition) is 1. The molecule has 1 amide bonds. The molecule has 1 aliphatic heterocycles. The molecular weight excluding hydrogens is 238 g/mol. The minimum atomic E-state index is -0.349. The zero-order chi connectivity index (χ0) is 14.5. The molecule has 2 unspecified atom stereocenters. The van der Waals surface area contributed by atoms with Crippen molar-refractivity contribution in [3.8, 4) is 6.07 Å². The Bertz CT molecular complexity index is 340. The van der Waals surface area contributed by atoms with Crippen molar-refractivity contribution in [3.05, 3.63) is 0 Å². The van der Waals surface area contributed by atoms with Crippen LogP contribution >= 0.6 is 0 Å². The highest BCUT2D eigenvalue weighted by Crippen LogP contribution is 2.22. The van der Waals surface area contributed by atoms with Gasteiger partial charge in [0.25, 0.3) is 0 Å². The Balaban J connectivity index is 2.61. The van der Waals surface area contributed by atoms with Gasteiger partial charge in [0.2, 0.25) is 5.91 Å². The number of carbonyl (C=O) groups excluding carboxylic acids is 1. The van der Waals surface area contributed by atoms with Gasteiger partial charge in [0, 0.05) is 24.5 Å². The summed E-state index contributed by atoms with van der Waals surface area (Å²) in [7, 11) is 0. The fourth-order valence-corrected chi connectivity index (χ4v) is 2.66. The average molecular weight is 265 g/mol. The molecule has 0 aromatic rings. The van der Waals surface area contributed by atoms with Crippen LogP contribution in [0.2, 0.25) is 0 Å². The average Bonchev–Trinajstić information content (AvgIpc) is 2.28. The van der Waals surface area contributed by atoms with Gasteiger partial charge in [0.15, 0.2) is 0 Å². The first-order valence-corrected chi connectivity index (χ1v) is 7.27. The zero-order valence-corrected chi connectivity index (χ0v) is 12.7. The van der Waals surface area contributed by atoms with Crippen LogP contribution in [0.15, 0.2) is 0 Å². The normalized spacial score (nSPS) is 24.8. The van der Waals surface area contributed by atoms with E-state index in [1.54, 1.807) is 0 Å². The fraction of sp³-hybridized carbons (Fsp3) is 0.867. The Morgan fingerprint density at radius 1 is 1.42 bits per heavy atom. The molecule has 2 atom stereocenters. The van der Waals surface area contributed by atoms with Gasteiger partial charge in [-0.25, -0.2) is 0 Å². The Morgan fingerprint density at radius 3 is 2.63 bits per heavy atom. The third-order valence-corrected chi connectivity index (χ3v) is 3.62. The summed E-state index contributed by atoms with van der Waals surface area (Å²) < 4.78 is 0. The molecule has 1 N–H and O–H groups in total. The zero-order valence-electron chi connectivity index (χ0n) is 12.7. The summed E-state index contributed by atoms with van der Waals surface area (Å²) in [5, 5.41) is 12.0. The van der Waals surface area contributed by atoms with Crippen LogP contribution in [0.4, 0.5) is 0 Å². The molecule has 1 saturated heterocycles. The number of rotatable bonds is 4. The van der Waals surface area contributed by atoms with E-state index in [0.717, 1.165) is 25.9 Å². The van der Waals surface area contributed by atoms with Gasteiger partial charge in [-0.1, -0.05) is 34.1 Å². The van der Waals surface area contributed by atoms with Crippen molar-refractivity contribution in [1.29, 1.82) is 5.26 Å². The SMILES string of the molecule is CCCC1CC(NC(=O)C(C)(C)C)CN(CC#N)C1. The highest BCUT2D eigenvalue weighted by Gasteiger charge is 2.30. The van der Waals surface area contributed by atoms with E-state index in [-0.39, 0.29) is 17.4 Å². The molecule has 4 nitrogen and oxygen atoms in total. The lowest BCUT2D eigenvalue weighted by Gasteiger charge is -2.38. The van der Waals surface area contributed by atoms with Gasteiger partial charge in [-0.15, -0.1) is 0 Å². The van der Waals surface area contributed by atoms with E-state index in [9.17, 15) is 4.79 Å². The lowest BCUT2D eigenvalue weighted by molar-refractivity contribution is -0.129. The minimum absolute atomic E-state index is 0.103. The summed E-state index contributed by atoms with van der Waals surface area (Å²) >= 11 is 0. The summed E-state index contributed by atoms with van der Waals surface area (Å²) in [6, 6.07) is 2.40. The molecular formula is C15H27N3O. The molecule has 1 fully saturated rings. The predicted octanol–water partition coefficient (Wildman–Crippen LogP) is 2.16. The van der Waals surface area contributed by atoms with E-state index >= 15 is 0 Å². The molecule has 1 aliphatic rings. The fourth-order valence-electron chi connectivity index (χ4n) is 2.66. The number of amides is 1. The monoisotopic (exact) mass is 265 g/mol. The first kappa shape index (κ1) is 16.0. The predicted molar refractivity (Wildman–Crippen MR) is 76.5 cm³/mol. The molecule has 0 spiro atoms. The third-order valence-electron chi connectivity index (χ3n) is 3.62. The van der Waals surface area contributed by atoms with E-state index in [2.05, 4.69) is 23.2 Å². The summed E-state index contributed by atoms with van der Waals surface area (Å²) in [6.45, 7) is 10.2. The Morgan fingerprint density at radius 2 is 2.11 bits per heavy atom. The van der Waals surface area contributed by atoms with E-state index in [4.69, 9.17) is 5.26 Å². The smallest absolute Gasteiger partial charge is 0.225 e. The second-order valence-corrected chi connectivity index (χ2v) is 6.66. The molecule has 1 heterocycles. The van der Waals surface area contributed by atoms with Crippen LogP contribution < -0.4 is 5.32 Å². The molecule has 0 radical (unpaired) electrons. The molecule has 0 saturated carbocycles. The van der Waals surface area contributed by atoms with Crippen molar-refractivity contribution in [1.82, 2.24) is 10.2 Å². The Hall–Kier alpha value is -1.08. The summed E-state index contributed by atoms with van der Waals surface area (Å²) in [6.07, 6.45) is 3.37. The number of nitriles is 1. The van der Waals surface area contributed by atoms with Crippen LogP contribution in [0.5, 0.6) is 0 Å². The highest BCUT2D eigenvalue weighted by atomic mass is 16.2. The highest BCUT2D eigenvalue weighted by molar-refractivity contribution is 5.81. The summed E-state index contributed by atoms with van der Waals surface area (Å²) in [5.41, 5.74) is -0.349. The van der Waals surface area contributed by atoms with Crippen molar-refractivity contribution in [3.63, 3.8) is 0 Å². The van der Waals surface area contributed by atoms with Gasteiger partial charge in [-0.2, -0.15) is 5.26 Å². The van der Waals surface area contributed by atoms with Crippen LogP contribution in [0.1, 0.15) is 47.0 Å². The second kappa shape index (κ2) is 6.91. The van der Waals surface area contributed by atoms with Crippen LogP contribution in [-0.4, -0.2) is 36.5 Å². The van der Waals surface area contributed by atoms with Crippen molar-refractivity contribution in [2.45, 2.75) is 53.0 Å². The maximum Gasteiger partial charge on any atom is 0.225 e. The number of piperidine rings is 1. The summed E-state index contributed by atoms with van der Waals surface area (Å²) in [5.74, 6) is 0.698. The van der Waals surface area contributed by atoms with Gasteiger partial charge < -0.3 is 5.32 Å². The molecule has 0 aromatic heterocycles. The number of carbonyl (C=O) groups is 1. The van der Waals surface area contributed by atoms with Gasteiger partial charge in [-0.05, 0) is 18.8 Å². The largest absolute Gasteiger partial charge is 0.352 e. The second-order valence-electron chi connectivity index (χ2n) is 6.66. The van der Waals surface area contributed by atoms with Crippen LogP contribution in [0, 0.1) is 22.7 Å². The van der Waals surface area contributed by atoms with Gasteiger partial charge in [-0.3, -0.25) is 9.69 Å². The third kappa shape index (κ3) is 5.20. The maximum absolute atomic E-state index is 12.1. The molecule has 19 heavy (non-hydrogen) atoms. The van der Waals surface area contributed by atoms with Gasteiger partial charge in [0.05, 0.1) is 12.6 Å². The van der Waals surface area contributed by atoms with Crippen molar-refractivity contribution in [2.75, 3.05) is 19.6 Å². The number of nitrogens with one attached hydrogen (secondary N) is 1. The molecule has 0 aromatic carbocycles. The van der Waals surface area contributed by atoms with E-state index in [1.165, 1.54) is 6.42 Å². The quantitative estimate of drug-likeness (QED) is 0.793. The lowest BCUT2D eigenvalue weighted by Crippen LogP contribution is -2.52. The molecule has 1 rings (SSSR count). The number of nitrogens with zero attached hydrogens (tertiary/aromatic N) is 2. The molecule has 0 aliphatic carbocycles. The molecule has 108 valence electrons. The van der Waals surface area contributed by atoms with Crippen molar-refractivity contribution >= 4 is 5.91 Å². The van der Waals surface area contributed by atoms with Crippen LogP contribution in [0.25, 0.3) is 0 Å². The van der Waals surface area contributed by atoms with E-state index in [0.29, 0.717) is 12.5 Å².